The summed E-state index contributed by atoms with van der Waals surface area (Å²) in [6, 6.07) is 4.91. The monoisotopic (exact) mass is 337 g/mol. The summed E-state index contributed by atoms with van der Waals surface area (Å²) in [7, 11) is 1.50. The Morgan fingerprint density at radius 2 is 1.68 bits per heavy atom. The van der Waals surface area contributed by atoms with Crippen molar-refractivity contribution in [2.75, 3.05) is 12.0 Å². The van der Waals surface area contributed by atoms with Crippen LogP contribution in [0.15, 0.2) is 30.4 Å². The van der Waals surface area contributed by atoms with Crippen LogP contribution in [0.3, 0.4) is 0 Å². The van der Waals surface area contributed by atoms with Crippen LogP contribution in [0.25, 0.3) is 0 Å². The Morgan fingerprint density at radius 3 is 2.20 bits per heavy atom. The van der Waals surface area contributed by atoms with Crippen LogP contribution in [0.2, 0.25) is 0 Å². The molecule has 1 aromatic rings. The van der Waals surface area contributed by atoms with E-state index >= 15 is 0 Å². The van der Waals surface area contributed by atoms with Crippen LogP contribution in [-0.4, -0.2) is 24.7 Å². The minimum absolute atomic E-state index is 0.108. The lowest BCUT2D eigenvalue weighted by molar-refractivity contribution is -0.124. The second-order valence-electron chi connectivity index (χ2n) is 7.61. The molecule has 25 heavy (non-hydrogen) atoms. The normalized spacial score (nSPS) is 37.1. The highest BCUT2D eigenvalue weighted by Gasteiger charge is 2.67. The highest BCUT2D eigenvalue weighted by molar-refractivity contribution is 6.23. The molecule has 0 radical (unpaired) electrons. The van der Waals surface area contributed by atoms with Crippen molar-refractivity contribution in [1.82, 2.24) is 0 Å². The maximum Gasteiger partial charge on any atom is 0.238 e. The third-order valence-corrected chi connectivity index (χ3v) is 6.49. The van der Waals surface area contributed by atoms with E-state index in [0.717, 1.165) is 6.42 Å². The first-order chi connectivity index (χ1) is 12.0. The van der Waals surface area contributed by atoms with Gasteiger partial charge in [0.15, 0.2) is 5.78 Å². The lowest BCUT2D eigenvalue weighted by atomic mass is 9.63. The number of carbonyl (C=O) groups excluding carboxylic acids is 3. The predicted octanol–water partition coefficient (Wildman–Crippen LogP) is 2.46. The molecule has 6 atom stereocenters. The lowest BCUT2D eigenvalue weighted by Gasteiger charge is -2.37. The molecule has 1 heterocycles. The molecular formula is C20H19NO4. The molecule has 1 aliphatic heterocycles. The van der Waals surface area contributed by atoms with Crippen LogP contribution in [0, 0.1) is 35.5 Å². The Morgan fingerprint density at radius 1 is 1.08 bits per heavy atom. The minimum Gasteiger partial charge on any atom is -0.495 e. The van der Waals surface area contributed by atoms with Gasteiger partial charge in [-0.05, 0) is 55.2 Å². The number of anilines is 1. The van der Waals surface area contributed by atoms with E-state index in [1.54, 1.807) is 18.2 Å². The first kappa shape index (κ1) is 14.9. The van der Waals surface area contributed by atoms with Gasteiger partial charge in [-0.15, -0.1) is 0 Å². The molecule has 0 spiro atoms. The predicted molar refractivity (Wildman–Crippen MR) is 90.2 cm³/mol. The summed E-state index contributed by atoms with van der Waals surface area (Å²) in [6.07, 6.45) is 5.44. The van der Waals surface area contributed by atoms with E-state index in [-0.39, 0.29) is 41.3 Å². The number of methoxy groups -OCH3 is 1. The molecule has 2 saturated carbocycles. The molecule has 1 aromatic carbocycles. The number of allylic oxidation sites excluding steroid dienone is 2. The van der Waals surface area contributed by atoms with Crippen molar-refractivity contribution in [2.45, 2.75) is 13.3 Å². The summed E-state index contributed by atoms with van der Waals surface area (Å²) in [5.41, 5.74) is 0.864. The van der Waals surface area contributed by atoms with Crippen LogP contribution in [-0.2, 0) is 9.59 Å². The number of ketones is 1. The van der Waals surface area contributed by atoms with Crippen LogP contribution in [0.1, 0.15) is 23.7 Å². The van der Waals surface area contributed by atoms with Crippen molar-refractivity contribution >= 4 is 23.3 Å². The fourth-order valence-electron chi connectivity index (χ4n) is 5.28. The fourth-order valence-corrected chi connectivity index (χ4v) is 5.28. The highest BCUT2D eigenvalue weighted by atomic mass is 16.5. The summed E-state index contributed by atoms with van der Waals surface area (Å²) in [5, 5.41) is 0. The van der Waals surface area contributed by atoms with Gasteiger partial charge in [0.2, 0.25) is 11.8 Å². The van der Waals surface area contributed by atoms with Crippen molar-refractivity contribution in [3.05, 3.63) is 35.9 Å². The molecule has 4 aliphatic carbocycles. The molecule has 0 N–H and O–H groups in total. The Balaban J connectivity index is 1.60. The number of rotatable bonds is 3. The maximum absolute atomic E-state index is 13.2. The second kappa shape index (κ2) is 4.81. The smallest absolute Gasteiger partial charge is 0.238 e. The molecule has 5 aliphatic rings. The quantitative estimate of drug-likeness (QED) is 0.483. The molecule has 2 amide bonds. The average molecular weight is 337 g/mol. The van der Waals surface area contributed by atoms with E-state index < -0.39 is 0 Å². The zero-order chi connectivity index (χ0) is 17.5. The topological polar surface area (TPSA) is 63.7 Å². The van der Waals surface area contributed by atoms with Gasteiger partial charge in [-0.25, -0.2) is 4.90 Å². The van der Waals surface area contributed by atoms with E-state index in [1.165, 1.54) is 18.9 Å². The SMILES string of the molecule is COc1ccc(C(C)=O)cc1N1C(=O)[C@@H]2[C@@H]3C=C[C@H]([C@@H]4C[C@H]34)[C@@H]2C1=O. The van der Waals surface area contributed by atoms with Crippen LogP contribution < -0.4 is 9.64 Å². The highest BCUT2D eigenvalue weighted by Crippen LogP contribution is 2.65. The largest absolute Gasteiger partial charge is 0.495 e. The molecule has 0 unspecified atom stereocenters. The standard InChI is InChI=1S/C20H19NO4/c1-9(22)10-3-6-16(25-2)15(7-10)21-19(23)17-11-4-5-12(14-8-13(11)14)18(17)20(21)24/h3-7,11-14,17-18H,8H2,1-2H3/t11-,12-,13-,14+,17-,18+/m1/s1. The average Bonchev–Trinajstić information content (AvgIpc) is 3.39. The van der Waals surface area contributed by atoms with E-state index in [0.29, 0.717) is 28.8 Å². The molecule has 3 fully saturated rings. The summed E-state index contributed by atoms with van der Waals surface area (Å²) in [4.78, 5) is 39.4. The van der Waals surface area contributed by atoms with Gasteiger partial charge in [0.1, 0.15) is 5.75 Å². The zero-order valence-corrected chi connectivity index (χ0v) is 14.1. The van der Waals surface area contributed by atoms with Crippen molar-refractivity contribution < 1.29 is 19.1 Å². The van der Waals surface area contributed by atoms with Gasteiger partial charge < -0.3 is 4.74 Å². The van der Waals surface area contributed by atoms with E-state index in [4.69, 9.17) is 4.74 Å². The molecular weight excluding hydrogens is 318 g/mol. The molecule has 2 bridgehead atoms. The summed E-state index contributed by atoms with van der Waals surface area (Å²) >= 11 is 0. The third kappa shape index (κ3) is 1.81. The Labute approximate surface area is 145 Å². The van der Waals surface area contributed by atoms with Gasteiger partial charge in [-0.2, -0.15) is 0 Å². The maximum atomic E-state index is 13.2. The Hall–Kier alpha value is -2.43. The van der Waals surface area contributed by atoms with Crippen LogP contribution in [0.5, 0.6) is 5.75 Å². The van der Waals surface area contributed by atoms with Gasteiger partial charge in [0, 0.05) is 5.56 Å². The van der Waals surface area contributed by atoms with Crippen molar-refractivity contribution in [2.24, 2.45) is 35.5 Å². The van der Waals surface area contributed by atoms with Crippen LogP contribution >= 0.6 is 0 Å². The Bertz CT molecular complexity index is 821. The summed E-state index contributed by atoms with van der Waals surface area (Å²) < 4.78 is 5.37. The van der Waals surface area contributed by atoms with Crippen molar-refractivity contribution in [3.63, 3.8) is 0 Å². The van der Waals surface area contributed by atoms with Gasteiger partial charge in [-0.1, -0.05) is 12.2 Å². The number of hydrogen-bond donors (Lipinski definition) is 0. The molecule has 5 heteroatoms. The number of Topliss-reactive ketones (excluding diaryl/α,β-unsaturated/α-hetero) is 1. The zero-order valence-electron chi connectivity index (χ0n) is 14.1. The molecule has 0 aromatic heterocycles. The van der Waals surface area contributed by atoms with Crippen molar-refractivity contribution in [1.29, 1.82) is 0 Å². The third-order valence-electron chi connectivity index (χ3n) is 6.49. The van der Waals surface area contributed by atoms with Gasteiger partial charge in [-0.3, -0.25) is 14.4 Å². The molecule has 6 rings (SSSR count). The van der Waals surface area contributed by atoms with E-state index in [2.05, 4.69) is 12.2 Å². The van der Waals surface area contributed by atoms with Gasteiger partial charge in [0.25, 0.3) is 0 Å². The lowest BCUT2D eigenvalue weighted by Crippen LogP contribution is -2.40. The van der Waals surface area contributed by atoms with Gasteiger partial charge >= 0.3 is 0 Å². The van der Waals surface area contributed by atoms with E-state index in [1.807, 2.05) is 0 Å². The first-order valence-electron chi connectivity index (χ1n) is 8.78. The number of nitrogens with zero attached hydrogens (tertiary/aromatic N) is 1. The summed E-state index contributed by atoms with van der Waals surface area (Å²) in [5.74, 6) is 1.05. The molecule has 128 valence electrons. The summed E-state index contributed by atoms with van der Waals surface area (Å²) in [6.45, 7) is 1.47. The number of carbonyl (C=O) groups is 3. The number of ether oxygens (including phenoxy) is 1. The molecule has 5 nitrogen and oxygen atoms in total. The second-order valence-corrected chi connectivity index (χ2v) is 7.61. The fraction of sp³-hybridized carbons (Fsp3) is 0.450. The molecule has 1 saturated heterocycles. The Kier molecular flexibility index (Phi) is 2.86. The number of benzene rings is 1. The van der Waals surface area contributed by atoms with Gasteiger partial charge in [0.05, 0.1) is 24.6 Å². The minimum atomic E-state index is -0.253. The number of amides is 2. The van der Waals surface area contributed by atoms with E-state index in [9.17, 15) is 14.4 Å². The number of imide groups is 1. The van der Waals surface area contributed by atoms with Crippen LogP contribution in [0.4, 0.5) is 5.69 Å². The van der Waals surface area contributed by atoms with Crippen molar-refractivity contribution in [3.8, 4) is 5.75 Å². The first-order valence-corrected chi connectivity index (χ1v) is 8.78. The number of hydrogen-bond acceptors (Lipinski definition) is 4.